The van der Waals surface area contributed by atoms with E-state index >= 15 is 0 Å². The molecule has 1 heterocycles. The Bertz CT molecular complexity index is 503. The Balaban J connectivity index is 2.64. The van der Waals surface area contributed by atoms with Crippen molar-refractivity contribution in [2.45, 2.75) is 0 Å². The zero-order valence-electron chi connectivity index (χ0n) is 7.42. The Morgan fingerprint density at radius 3 is 2.67 bits per heavy atom. The number of hydrogen-bond donors (Lipinski definition) is 0. The molecular formula is C10H5Cl2FN2. The summed E-state index contributed by atoms with van der Waals surface area (Å²) >= 11 is 11.8. The van der Waals surface area contributed by atoms with E-state index in [0.717, 1.165) is 0 Å². The molecule has 1 aromatic carbocycles. The first kappa shape index (κ1) is 10.3. The van der Waals surface area contributed by atoms with E-state index in [9.17, 15) is 4.39 Å². The summed E-state index contributed by atoms with van der Waals surface area (Å²) in [5, 5.41) is 0.658. The van der Waals surface area contributed by atoms with Gasteiger partial charge in [0, 0.05) is 22.3 Å². The smallest absolute Gasteiger partial charge is 0.140 e. The van der Waals surface area contributed by atoms with Crippen LogP contribution in [0.4, 0.5) is 4.39 Å². The highest BCUT2D eigenvalue weighted by Crippen LogP contribution is 2.31. The molecule has 0 amide bonds. The molecule has 0 saturated carbocycles. The molecule has 1 aromatic heterocycles. The van der Waals surface area contributed by atoms with Crippen molar-refractivity contribution in [1.29, 1.82) is 0 Å². The molecule has 0 radical (unpaired) electrons. The van der Waals surface area contributed by atoms with Gasteiger partial charge in [0.25, 0.3) is 0 Å². The number of aromatic nitrogens is 2. The highest BCUT2D eigenvalue weighted by molar-refractivity contribution is 6.35. The third-order valence-corrected chi connectivity index (χ3v) is 2.51. The van der Waals surface area contributed by atoms with E-state index in [1.165, 1.54) is 30.7 Å². The van der Waals surface area contributed by atoms with Gasteiger partial charge < -0.3 is 0 Å². The molecule has 15 heavy (non-hydrogen) atoms. The number of benzene rings is 1. The molecular weight excluding hydrogens is 238 g/mol. The van der Waals surface area contributed by atoms with Gasteiger partial charge in [-0.3, -0.25) is 0 Å². The van der Waals surface area contributed by atoms with E-state index in [-0.39, 0.29) is 11.0 Å². The van der Waals surface area contributed by atoms with Crippen molar-refractivity contribution in [2.75, 3.05) is 0 Å². The van der Waals surface area contributed by atoms with Gasteiger partial charge in [-0.1, -0.05) is 23.2 Å². The minimum absolute atomic E-state index is 0.248. The molecule has 2 aromatic rings. The first-order chi connectivity index (χ1) is 7.18. The van der Waals surface area contributed by atoms with Crippen LogP contribution >= 0.6 is 23.2 Å². The van der Waals surface area contributed by atoms with E-state index < -0.39 is 0 Å². The Labute approximate surface area is 95.7 Å². The van der Waals surface area contributed by atoms with Crippen molar-refractivity contribution in [1.82, 2.24) is 9.97 Å². The summed E-state index contributed by atoms with van der Waals surface area (Å²) in [6.07, 6.45) is 2.81. The van der Waals surface area contributed by atoms with Crippen LogP contribution < -0.4 is 0 Å². The van der Waals surface area contributed by atoms with Crippen molar-refractivity contribution in [3.05, 3.63) is 46.7 Å². The Morgan fingerprint density at radius 1 is 1.13 bits per heavy atom. The minimum atomic E-state index is -0.380. The zero-order valence-corrected chi connectivity index (χ0v) is 8.93. The predicted molar refractivity (Wildman–Crippen MR) is 57.4 cm³/mol. The lowest BCUT2D eigenvalue weighted by Crippen LogP contribution is -1.87. The second-order valence-corrected chi connectivity index (χ2v) is 3.62. The Morgan fingerprint density at radius 2 is 1.93 bits per heavy atom. The van der Waals surface area contributed by atoms with Crippen LogP contribution in [-0.4, -0.2) is 9.97 Å². The second-order valence-electron chi connectivity index (χ2n) is 2.85. The zero-order chi connectivity index (χ0) is 10.8. The lowest BCUT2D eigenvalue weighted by Gasteiger charge is -2.04. The van der Waals surface area contributed by atoms with Gasteiger partial charge in [0.05, 0.1) is 0 Å². The molecule has 76 valence electrons. The highest BCUT2D eigenvalue weighted by atomic mass is 35.5. The summed E-state index contributed by atoms with van der Waals surface area (Å²) < 4.78 is 13.0. The van der Waals surface area contributed by atoms with Crippen LogP contribution in [-0.2, 0) is 0 Å². The van der Waals surface area contributed by atoms with Gasteiger partial charge in [-0.15, -0.1) is 0 Å². The molecule has 5 heteroatoms. The van der Waals surface area contributed by atoms with Crippen LogP contribution in [0.2, 0.25) is 10.2 Å². The molecule has 0 aliphatic rings. The summed E-state index contributed by atoms with van der Waals surface area (Å²) in [4.78, 5) is 7.62. The van der Waals surface area contributed by atoms with Crippen molar-refractivity contribution in [2.24, 2.45) is 0 Å². The van der Waals surface area contributed by atoms with Crippen LogP contribution in [0.3, 0.4) is 0 Å². The standard InChI is InChI=1S/C10H5Cl2FN2/c11-9-2-1-6(13)3-7(9)8-4-14-5-15-10(8)12/h1-5H. The molecule has 0 unspecified atom stereocenters. The van der Waals surface area contributed by atoms with E-state index in [2.05, 4.69) is 9.97 Å². The topological polar surface area (TPSA) is 25.8 Å². The van der Waals surface area contributed by atoms with Crippen LogP contribution in [0.1, 0.15) is 0 Å². The molecule has 0 bridgehead atoms. The Kier molecular flexibility index (Phi) is 2.84. The molecule has 0 saturated heterocycles. The van der Waals surface area contributed by atoms with Crippen molar-refractivity contribution in [3.8, 4) is 11.1 Å². The fraction of sp³-hybridized carbons (Fsp3) is 0. The molecule has 0 atom stereocenters. The molecule has 0 spiro atoms. The fourth-order valence-corrected chi connectivity index (χ4v) is 1.61. The van der Waals surface area contributed by atoms with Gasteiger partial charge in [0.15, 0.2) is 0 Å². The SMILES string of the molecule is Fc1ccc(Cl)c(-c2cncnc2Cl)c1. The summed E-state index contributed by atoms with van der Waals surface area (Å²) in [5.74, 6) is -0.380. The van der Waals surface area contributed by atoms with Crippen molar-refractivity contribution < 1.29 is 4.39 Å². The van der Waals surface area contributed by atoms with Gasteiger partial charge in [0.1, 0.15) is 17.3 Å². The maximum Gasteiger partial charge on any atom is 0.140 e. The van der Waals surface area contributed by atoms with Crippen LogP contribution in [0, 0.1) is 5.82 Å². The maximum atomic E-state index is 13.0. The summed E-state index contributed by atoms with van der Waals surface area (Å²) in [7, 11) is 0. The summed E-state index contributed by atoms with van der Waals surface area (Å²) in [6.45, 7) is 0. The van der Waals surface area contributed by atoms with E-state index in [4.69, 9.17) is 23.2 Å². The maximum absolute atomic E-state index is 13.0. The third kappa shape index (κ3) is 2.08. The molecule has 0 aliphatic heterocycles. The largest absolute Gasteiger partial charge is 0.244 e. The number of hydrogen-bond acceptors (Lipinski definition) is 2. The monoisotopic (exact) mass is 242 g/mol. The van der Waals surface area contributed by atoms with Gasteiger partial charge in [-0.2, -0.15) is 0 Å². The van der Waals surface area contributed by atoms with Crippen LogP contribution in [0.5, 0.6) is 0 Å². The highest BCUT2D eigenvalue weighted by Gasteiger charge is 2.09. The molecule has 0 aliphatic carbocycles. The summed E-state index contributed by atoms with van der Waals surface area (Å²) in [6, 6.07) is 4.05. The van der Waals surface area contributed by atoms with Gasteiger partial charge >= 0.3 is 0 Å². The van der Waals surface area contributed by atoms with Crippen LogP contribution in [0.25, 0.3) is 11.1 Å². The fourth-order valence-electron chi connectivity index (χ4n) is 1.20. The quantitative estimate of drug-likeness (QED) is 0.715. The predicted octanol–water partition coefficient (Wildman–Crippen LogP) is 3.59. The summed E-state index contributed by atoms with van der Waals surface area (Å²) in [5.41, 5.74) is 1.01. The average molecular weight is 243 g/mol. The van der Waals surface area contributed by atoms with E-state index in [1.807, 2.05) is 0 Å². The van der Waals surface area contributed by atoms with Gasteiger partial charge in [-0.25, -0.2) is 14.4 Å². The normalized spacial score (nSPS) is 10.3. The molecule has 0 fully saturated rings. The third-order valence-electron chi connectivity index (χ3n) is 1.88. The van der Waals surface area contributed by atoms with E-state index in [0.29, 0.717) is 16.1 Å². The van der Waals surface area contributed by atoms with Gasteiger partial charge in [-0.05, 0) is 18.2 Å². The van der Waals surface area contributed by atoms with E-state index in [1.54, 1.807) is 0 Å². The first-order valence-electron chi connectivity index (χ1n) is 4.09. The van der Waals surface area contributed by atoms with Crippen molar-refractivity contribution >= 4 is 23.2 Å². The number of rotatable bonds is 1. The second kappa shape index (κ2) is 4.13. The number of halogens is 3. The lowest BCUT2D eigenvalue weighted by atomic mass is 10.1. The van der Waals surface area contributed by atoms with Crippen molar-refractivity contribution in [3.63, 3.8) is 0 Å². The lowest BCUT2D eigenvalue weighted by molar-refractivity contribution is 0.628. The Hall–Kier alpha value is -1.19. The molecule has 2 nitrogen and oxygen atoms in total. The van der Waals surface area contributed by atoms with Gasteiger partial charge in [0.2, 0.25) is 0 Å². The minimum Gasteiger partial charge on any atom is -0.244 e. The molecule has 0 N–H and O–H groups in total. The average Bonchev–Trinajstić information content (AvgIpc) is 2.23. The molecule has 2 rings (SSSR count). The first-order valence-corrected chi connectivity index (χ1v) is 4.85. The number of nitrogens with zero attached hydrogens (tertiary/aromatic N) is 2. The van der Waals surface area contributed by atoms with Crippen LogP contribution in [0.15, 0.2) is 30.7 Å².